The average Bonchev–Trinajstić information content (AvgIpc) is 3.93. The monoisotopic (exact) mass is 605 g/mol. The third-order valence-electron chi connectivity index (χ3n) is 8.60. The molecule has 1 heterocycles. The first-order valence-corrected chi connectivity index (χ1v) is 15.8. The molecule has 3 N–H and O–H groups in total. The Balaban J connectivity index is 1.25. The molecule has 0 radical (unpaired) electrons. The lowest BCUT2D eigenvalue weighted by molar-refractivity contribution is -0.133. The number of halogens is 1. The second kappa shape index (κ2) is 13.9. The average molecular weight is 606 g/mol. The molecule has 2 aliphatic rings. The first kappa shape index (κ1) is 30.3. The predicted octanol–water partition coefficient (Wildman–Crippen LogP) is 6.16. The van der Waals surface area contributed by atoms with Crippen molar-refractivity contribution in [2.45, 2.75) is 25.8 Å². The fourth-order valence-corrected chi connectivity index (χ4v) is 5.94. The Labute approximate surface area is 264 Å². The second-order valence-electron chi connectivity index (χ2n) is 11.9. The molecule has 0 bridgehead atoms. The van der Waals surface area contributed by atoms with Crippen molar-refractivity contribution >= 4 is 28.9 Å². The lowest BCUT2D eigenvalue weighted by Gasteiger charge is -2.38. The number of carbonyl (C=O) groups is 2. The highest BCUT2D eigenvalue weighted by Gasteiger charge is 2.33. The number of nitrogens with one attached hydrogen (secondary N) is 1. The van der Waals surface area contributed by atoms with Gasteiger partial charge >= 0.3 is 0 Å². The number of anilines is 3. The van der Waals surface area contributed by atoms with Gasteiger partial charge in [0, 0.05) is 56.4 Å². The van der Waals surface area contributed by atoms with Crippen LogP contribution in [0, 0.1) is 11.7 Å². The van der Waals surface area contributed by atoms with Crippen molar-refractivity contribution in [3.63, 3.8) is 0 Å². The molecule has 2 fully saturated rings. The molecule has 0 atom stereocenters. The molecule has 6 rings (SSSR count). The number of hydrogen-bond donors (Lipinski definition) is 2. The SMILES string of the molecule is NCCCN(Cc1cccc(-c2ccc(N3CCN(c4ccc(F)cc4)CC3)c(NC(=O)c3ccccc3)c2)c1)C(=O)C1CC1. The van der Waals surface area contributed by atoms with Gasteiger partial charge < -0.3 is 25.8 Å². The summed E-state index contributed by atoms with van der Waals surface area (Å²) in [6.07, 6.45) is 2.73. The van der Waals surface area contributed by atoms with Crippen molar-refractivity contribution in [2.24, 2.45) is 11.7 Å². The molecular formula is C37H40FN5O2. The van der Waals surface area contributed by atoms with E-state index in [1.165, 1.54) is 12.1 Å². The third-order valence-corrected chi connectivity index (χ3v) is 8.60. The van der Waals surface area contributed by atoms with Gasteiger partial charge in [-0.3, -0.25) is 9.59 Å². The maximum Gasteiger partial charge on any atom is 0.255 e. The van der Waals surface area contributed by atoms with Gasteiger partial charge in [-0.1, -0.05) is 42.5 Å². The van der Waals surface area contributed by atoms with Crippen LogP contribution in [0.15, 0.2) is 97.1 Å². The summed E-state index contributed by atoms with van der Waals surface area (Å²) >= 11 is 0. The molecule has 0 unspecified atom stereocenters. The highest BCUT2D eigenvalue weighted by Crippen LogP contribution is 2.35. The molecule has 2 amide bonds. The van der Waals surface area contributed by atoms with E-state index in [1.54, 1.807) is 0 Å². The van der Waals surface area contributed by atoms with Gasteiger partial charge in [0.05, 0.1) is 11.4 Å². The van der Waals surface area contributed by atoms with E-state index in [2.05, 4.69) is 45.4 Å². The summed E-state index contributed by atoms with van der Waals surface area (Å²) < 4.78 is 13.5. The zero-order chi connectivity index (χ0) is 31.2. The quantitative estimate of drug-likeness (QED) is 0.214. The minimum absolute atomic E-state index is 0.159. The molecule has 4 aromatic carbocycles. The van der Waals surface area contributed by atoms with Crippen LogP contribution in [0.2, 0.25) is 0 Å². The number of amides is 2. The molecule has 1 aliphatic heterocycles. The zero-order valence-corrected chi connectivity index (χ0v) is 25.5. The van der Waals surface area contributed by atoms with Crippen LogP contribution in [0.5, 0.6) is 0 Å². The van der Waals surface area contributed by atoms with Crippen molar-refractivity contribution in [3.8, 4) is 11.1 Å². The minimum Gasteiger partial charge on any atom is -0.368 e. The third kappa shape index (κ3) is 7.52. The number of nitrogens with zero attached hydrogens (tertiary/aromatic N) is 3. The number of nitrogens with two attached hydrogens (primary N) is 1. The molecular weight excluding hydrogens is 565 g/mol. The topological polar surface area (TPSA) is 81.9 Å². The Hall–Kier alpha value is -4.69. The molecule has 4 aromatic rings. The van der Waals surface area contributed by atoms with E-state index in [-0.39, 0.29) is 23.5 Å². The van der Waals surface area contributed by atoms with Crippen LogP contribution in [-0.2, 0) is 11.3 Å². The molecule has 45 heavy (non-hydrogen) atoms. The van der Waals surface area contributed by atoms with Crippen molar-refractivity contribution in [2.75, 3.05) is 54.4 Å². The van der Waals surface area contributed by atoms with Crippen LogP contribution in [0.1, 0.15) is 35.2 Å². The molecule has 232 valence electrons. The van der Waals surface area contributed by atoms with Crippen LogP contribution < -0.4 is 20.9 Å². The number of piperazine rings is 1. The molecule has 0 spiro atoms. The lowest BCUT2D eigenvalue weighted by Crippen LogP contribution is -2.46. The highest BCUT2D eigenvalue weighted by molar-refractivity contribution is 6.06. The minimum atomic E-state index is -0.238. The standard InChI is InChI=1S/C37H40FN5O2/c38-32-13-15-33(16-14-32)41-20-22-42(23-21-41)35-17-12-31(25-34(35)40-36(44)28-7-2-1-3-8-28)30-9-4-6-27(24-30)26-43(19-5-18-39)37(45)29-10-11-29/h1-4,6-9,12-17,24-25,29H,5,10-11,18-23,26,39H2,(H,40,44). The molecule has 1 saturated carbocycles. The Morgan fingerprint density at radius 2 is 1.53 bits per heavy atom. The van der Waals surface area contributed by atoms with E-state index in [1.807, 2.05) is 59.5 Å². The summed E-state index contributed by atoms with van der Waals surface area (Å²) in [6.45, 7) is 4.84. The lowest BCUT2D eigenvalue weighted by atomic mass is 10.0. The van der Waals surface area contributed by atoms with Crippen molar-refractivity contribution in [3.05, 3.63) is 114 Å². The summed E-state index contributed by atoms with van der Waals surface area (Å²) in [7, 11) is 0. The van der Waals surface area contributed by atoms with Gasteiger partial charge in [-0.2, -0.15) is 0 Å². The van der Waals surface area contributed by atoms with Crippen LogP contribution in [0.3, 0.4) is 0 Å². The summed E-state index contributed by atoms with van der Waals surface area (Å²) in [4.78, 5) is 32.8. The maximum atomic E-state index is 13.5. The van der Waals surface area contributed by atoms with E-state index in [9.17, 15) is 14.0 Å². The smallest absolute Gasteiger partial charge is 0.255 e. The number of hydrogen-bond acceptors (Lipinski definition) is 5. The molecule has 7 nitrogen and oxygen atoms in total. The Morgan fingerprint density at radius 1 is 0.822 bits per heavy atom. The van der Waals surface area contributed by atoms with Crippen molar-refractivity contribution in [1.82, 2.24) is 4.90 Å². The van der Waals surface area contributed by atoms with Gasteiger partial charge in [-0.25, -0.2) is 4.39 Å². The second-order valence-corrected chi connectivity index (χ2v) is 11.9. The Morgan fingerprint density at radius 3 is 2.24 bits per heavy atom. The fourth-order valence-electron chi connectivity index (χ4n) is 5.94. The van der Waals surface area contributed by atoms with E-state index >= 15 is 0 Å². The molecule has 0 aromatic heterocycles. The summed E-state index contributed by atoms with van der Waals surface area (Å²) in [5.41, 5.74) is 12.1. The molecule has 8 heteroatoms. The predicted molar refractivity (Wildman–Crippen MR) is 179 cm³/mol. The number of carbonyl (C=O) groups excluding carboxylic acids is 2. The van der Waals surface area contributed by atoms with Gasteiger partial charge in [-0.15, -0.1) is 0 Å². The maximum absolute atomic E-state index is 13.5. The van der Waals surface area contributed by atoms with Crippen LogP contribution in [0.4, 0.5) is 21.5 Å². The van der Waals surface area contributed by atoms with Crippen molar-refractivity contribution in [1.29, 1.82) is 0 Å². The van der Waals surface area contributed by atoms with E-state index < -0.39 is 0 Å². The number of benzene rings is 4. The Kier molecular flexibility index (Phi) is 9.41. The molecule has 1 saturated heterocycles. The van der Waals surface area contributed by atoms with Crippen LogP contribution in [0.25, 0.3) is 11.1 Å². The first-order chi connectivity index (χ1) is 22.0. The largest absolute Gasteiger partial charge is 0.368 e. The molecule has 1 aliphatic carbocycles. The van der Waals surface area contributed by atoms with Gasteiger partial charge in [0.1, 0.15) is 5.82 Å². The number of rotatable bonds is 11. The van der Waals surface area contributed by atoms with E-state index in [0.29, 0.717) is 25.2 Å². The van der Waals surface area contributed by atoms with Gasteiger partial charge in [0.25, 0.3) is 5.91 Å². The summed E-state index contributed by atoms with van der Waals surface area (Å²) in [5, 5.41) is 3.19. The summed E-state index contributed by atoms with van der Waals surface area (Å²) in [5.74, 6) is -0.0187. The Bertz CT molecular complexity index is 1620. The fraction of sp³-hybridized carbons (Fsp3) is 0.297. The van der Waals surface area contributed by atoms with Gasteiger partial charge in [-0.05, 0) is 97.1 Å². The summed E-state index contributed by atoms with van der Waals surface area (Å²) in [6, 6.07) is 30.4. The van der Waals surface area contributed by atoms with Gasteiger partial charge in [0.2, 0.25) is 5.91 Å². The first-order valence-electron chi connectivity index (χ1n) is 15.8. The van der Waals surface area contributed by atoms with E-state index in [4.69, 9.17) is 5.73 Å². The van der Waals surface area contributed by atoms with Crippen LogP contribution >= 0.6 is 0 Å². The van der Waals surface area contributed by atoms with E-state index in [0.717, 1.165) is 79.2 Å². The van der Waals surface area contributed by atoms with Crippen molar-refractivity contribution < 1.29 is 14.0 Å². The highest BCUT2D eigenvalue weighted by atomic mass is 19.1. The van der Waals surface area contributed by atoms with Crippen LogP contribution in [-0.4, -0.2) is 56.0 Å². The normalized spacial score (nSPS) is 14.7. The zero-order valence-electron chi connectivity index (χ0n) is 25.5. The van der Waals surface area contributed by atoms with Gasteiger partial charge in [0.15, 0.2) is 0 Å².